The molecule has 0 spiro atoms. The van der Waals surface area contributed by atoms with Crippen molar-refractivity contribution in [3.05, 3.63) is 6.54 Å². The maximum atomic E-state index is 5.50. The Balaban J connectivity index is 2.42. The highest BCUT2D eigenvalue weighted by Gasteiger charge is 2.11. The maximum absolute atomic E-state index is 5.50. The first kappa shape index (κ1) is 4.91. The molecule has 1 unspecified atom stereocenters. The highest BCUT2D eigenvalue weighted by Crippen LogP contribution is 2.07. The molecule has 1 rings (SSSR count). The van der Waals surface area contributed by atoms with Gasteiger partial charge < -0.3 is 0 Å². The monoisotopic (exact) mass is 116 g/mol. The Hall–Kier alpha value is -0.240. The Kier molecular flexibility index (Phi) is 1.19. The van der Waals surface area contributed by atoms with E-state index in [1.807, 2.05) is 7.05 Å². The zero-order valence-corrected chi connectivity index (χ0v) is 4.68. The van der Waals surface area contributed by atoms with E-state index in [1.54, 1.807) is 11.6 Å². The fourth-order valence-corrected chi connectivity index (χ4v) is 0.609. The van der Waals surface area contributed by atoms with E-state index in [4.69, 9.17) is 11.6 Å². The number of nitrogens with zero attached hydrogens (tertiary/aromatic N) is 2. The van der Waals surface area contributed by atoms with Crippen molar-refractivity contribution in [2.24, 2.45) is 5.10 Å². The van der Waals surface area contributed by atoms with Crippen LogP contribution in [0.3, 0.4) is 0 Å². The lowest BCUT2D eigenvalue weighted by atomic mass is 10.5. The van der Waals surface area contributed by atoms with E-state index in [-0.39, 0.29) is 5.38 Å². The van der Waals surface area contributed by atoms with Gasteiger partial charge in [-0.25, -0.2) is 0 Å². The molecule has 0 aromatic heterocycles. The molecular weight excluding hydrogens is 112 g/mol. The molecule has 0 saturated heterocycles. The van der Waals surface area contributed by atoms with Crippen LogP contribution in [0, 0.1) is 6.54 Å². The summed E-state index contributed by atoms with van der Waals surface area (Å²) in [6, 6.07) is 0. The normalized spacial score (nSPS) is 29.4. The first-order valence-corrected chi connectivity index (χ1v) is 2.41. The summed E-state index contributed by atoms with van der Waals surface area (Å²) in [5.74, 6) is 0. The lowest BCUT2D eigenvalue weighted by Crippen LogP contribution is -2.04. The molecule has 1 atom stereocenters. The van der Waals surface area contributed by atoms with E-state index < -0.39 is 0 Å². The molecular formula is C4H5ClN2. The van der Waals surface area contributed by atoms with E-state index in [0.29, 0.717) is 0 Å². The van der Waals surface area contributed by atoms with Crippen LogP contribution in [0.2, 0.25) is 0 Å². The summed E-state index contributed by atoms with van der Waals surface area (Å²) in [5, 5.41) is 5.23. The number of hydrazone groups is 1. The molecule has 0 bridgehead atoms. The van der Waals surface area contributed by atoms with Crippen LogP contribution < -0.4 is 0 Å². The fourth-order valence-electron chi connectivity index (χ4n) is 0.402. The Labute approximate surface area is 47.8 Å². The lowest BCUT2D eigenvalue weighted by Gasteiger charge is -2.01. The summed E-state index contributed by atoms with van der Waals surface area (Å²) < 4.78 is 0. The molecule has 0 N–H and O–H groups in total. The highest BCUT2D eigenvalue weighted by molar-refractivity contribution is 6.29. The number of rotatable bonds is 0. The summed E-state index contributed by atoms with van der Waals surface area (Å²) in [5.41, 5.74) is 0. The van der Waals surface area contributed by atoms with E-state index in [0.717, 1.165) is 0 Å². The van der Waals surface area contributed by atoms with Gasteiger partial charge in [-0.05, 0) is 0 Å². The summed E-state index contributed by atoms with van der Waals surface area (Å²) in [6.07, 6.45) is 2.63. The Bertz CT molecular complexity index is 81.7. The predicted molar refractivity (Wildman–Crippen MR) is 29.1 cm³/mol. The SMILES string of the molecule is CN1[CH]C(Cl)[C]=N1. The fraction of sp³-hybridized carbons (Fsp3) is 0.500. The van der Waals surface area contributed by atoms with Crippen molar-refractivity contribution >= 4 is 17.8 Å². The van der Waals surface area contributed by atoms with Gasteiger partial charge >= 0.3 is 0 Å². The van der Waals surface area contributed by atoms with Crippen LogP contribution in [-0.4, -0.2) is 23.6 Å². The predicted octanol–water partition coefficient (Wildman–Crippen LogP) is 0.564. The quantitative estimate of drug-likeness (QED) is 0.423. The molecule has 38 valence electrons. The summed E-state index contributed by atoms with van der Waals surface area (Å²) in [6.45, 7) is 1.77. The average Bonchev–Trinajstić information content (AvgIpc) is 1.87. The van der Waals surface area contributed by atoms with Crippen molar-refractivity contribution in [3.8, 4) is 0 Å². The molecule has 0 saturated carbocycles. The molecule has 2 nitrogen and oxygen atoms in total. The molecule has 1 heterocycles. The van der Waals surface area contributed by atoms with Crippen LogP contribution in [0.25, 0.3) is 0 Å². The third kappa shape index (κ3) is 1.06. The second-order valence-corrected chi connectivity index (χ2v) is 1.82. The lowest BCUT2D eigenvalue weighted by molar-refractivity contribution is 0.458. The minimum atomic E-state index is -0.120. The number of hydrogen-bond donors (Lipinski definition) is 0. The second-order valence-electron chi connectivity index (χ2n) is 1.35. The largest absolute Gasteiger partial charge is 0.293 e. The van der Waals surface area contributed by atoms with Gasteiger partial charge in [-0.2, -0.15) is 5.10 Å². The summed E-state index contributed by atoms with van der Waals surface area (Å²) in [4.78, 5) is 0. The van der Waals surface area contributed by atoms with Gasteiger partial charge in [0, 0.05) is 7.05 Å². The highest BCUT2D eigenvalue weighted by atomic mass is 35.5. The molecule has 0 aromatic carbocycles. The van der Waals surface area contributed by atoms with Gasteiger partial charge in [0.25, 0.3) is 0 Å². The second kappa shape index (κ2) is 1.70. The van der Waals surface area contributed by atoms with Gasteiger partial charge in [0.05, 0.1) is 6.54 Å². The molecule has 2 radical (unpaired) electrons. The molecule has 1 aliphatic rings. The van der Waals surface area contributed by atoms with Gasteiger partial charge in [-0.3, -0.25) is 5.01 Å². The van der Waals surface area contributed by atoms with Crippen molar-refractivity contribution in [1.29, 1.82) is 0 Å². The van der Waals surface area contributed by atoms with E-state index in [2.05, 4.69) is 11.3 Å². The Morgan fingerprint density at radius 2 is 2.71 bits per heavy atom. The van der Waals surface area contributed by atoms with Gasteiger partial charge in [0.15, 0.2) is 0 Å². The first-order chi connectivity index (χ1) is 3.29. The van der Waals surface area contributed by atoms with E-state index in [1.165, 1.54) is 0 Å². The van der Waals surface area contributed by atoms with E-state index in [9.17, 15) is 0 Å². The zero-order valence-electron chi connectivity index (χ0n) is 3.93. The average molecular weight is 117 g/mol. The van der Waals surface area contributed by atoms with Crippen LogP contribution in [0.4, 0.5) is 0 Å². The number of alkyl halides is 1. The van der Waals surface area contributed by atoms with Crippen molar-refractivity contribution < 1.29 is 0 Å². The van der Waals surface area contributed by atoms with Gasteiger partial charge in [-0.15, -0.1) is 11.6 Å². The third-order valence-corrected chi connectivity index (χ3v) is 0.896. The summed E-state index contributed by atoms with van der Waals surface area (Å²) in [7, 11) is 1.81. The molecule has 0 amide bonds. The molecule has 7 heavy (non-hydrogen) atoms. The van der Waals surface area contributed by atoms with Gasteiger partial charge in [-0.1, -0.05) is 0 Å². The topological polar surface area (TPSA) is 15.6 Å². The minimum Gasteiger partial charge on any atom is -0.293 e. The maximum Gasteiger partial charge on any atom is 0.105 e. The summed E-state index contributed by atoms with van der Waals surface area (Å²) >= 11 is 5.50. The Morgan fingerprint density at radius 3 is 2.86 bits per heavy atom. The molecule has 3 heteroatoms. The molecule has 0 fully saturated rings. The van der Waals surface area contributed by atoms with Crippen molar-refractivity contribution in [2.45, 2.75) is 5.38 Å². The van der Waals surface area contributed by atoms with Crippen LogP contribution in [0.5, 0.6) is 0 Å². The van der Waals surface area contributed by atoms with Gasteiger partial charge in [0.1, 0.15) is 11.6 Å². The van der Waals surface area contributed by atoms with Crippen LogP contribution >= 0.6 is 11.6 Å². The first-order valence-electron chi connectivity index (χ1n) is 1.97. The molecule has 1 aliphatic heterocycles. The molecule has 0 aromatic rings. The van der Waals surface area contributed by atoms with Gasteiger partial charge in [0.2, 0.25) is 0 Å². The molecule has 0 aliphatic carbocycles. The zero-order chi connectivity index (χ0) is 5.28. The smallest absolute Gasteiger partial charge is 0.105 e. The van der Waals surface area contributed by atoms with E-state index >= 15 is 0 Å². The number of halogens is 1. The number of hydrogen-bond acceptors (Lipinski definition) is 2. The minimum absolute atomic E-state index is 0.120. The Morgan fingerprint density at radius 1 is 2.00 bits per heavy atom. The van der Waals surface area contributed by atoms with Crippen LogP contribution in [-0.2, 0) is 0 Å². The van der Waals surface area contributed by atoms with Crippen LogP contribution in [0.15, 0.2) is 5.10 Å². The third-order valence-electron chi connectivity index (χ3n) is 0.685. The van der Waals surface area contributed by atoms with Crippen molar-refractivity contribution in [2.75, 3.05) is 7.05 Å². The van der Waals surface area contributed by atoms with Crippen LogP contribution in [0.1, 0.15) is 0 Å². The van der Waals surface area contributed by atoms with Crippen molar-refractivity contribution in [3.63, 3.8) is 0 Å². The standard InChI is InChI=1S/C4H5ClN2/c1-7-3-4(5)2-6-7/h3-4H,1H3. The van der Waals surface area contributed by atoms with Crippen molar-refractivity contribution in [1.82, 2.24) is 5.01 Å².